The van der Waals surface area contributed by atoms with E-state index in [-0.39, 0.29) is 0 Å². The van der Waals surface area contributed by atoms with E-state index in [4.69, 9.17) is 30.6 Å². The fourth-order valence-electron chi connectivity index (χ4n) is 5.01. The molecule has 0 amide bonds. The van der Waals surface area contributed by atoms with E-state index in [0.717, 1.165) is 28.4 Å². The third kappa shape index (κ3) is 11.8. The van der Waals surface area contributed by atoms with E-state index in [1.54, 1.807) is 0 Å². The molecule has 0 fully saturated rings. The maximum atomic E-state index is 17.0. The lowest BCUT2D eigenvalue weighted by Gasteiger charge is -2.57. The van der Waals surface area contributed by atoms with Gasteiger partial charge in [-0.3, -0.25) is 0 Å². The second kappa shape index (κ2) is 21.3. The number of alkyl halides is 40. The first-order chi connectivity index (χ1) is 34.4. The van der Waals surface area contributed by atoms with Crippen LogP contribution in [-0.2, 0) is 28.4 Å². The molecule has 0 radical (unpaired) electrons. The summed E-state index contributed by atoms with van der Waals surface area (Å²) in [7, 11) is 0. The van der Waals surface area contributed by atoms with Crippen LogP contribution in [0.5, 0.6) is 0 Å². The number of aliphatic hydroxyl groups excluding tert-OH is 6. The summed E-state index contributed by atoms with van der Waals surface area (Å²) in [5.41, 5.74) is -24.0. The highest BCUT2D eigenvalue weighted by atomic mass is 19.4. The van der Waals surface area contributed by atoms with Gasteiger partial charge in [0.1, 0.15) is 39.6 Å². The van der Waals surface area contributed by atoms with Crippen LogP contribution in [0.2, 0.25) is 0 Å². The van der Waals surface area contributed by atoms with Gasteiger partial charge >= 0.3 is 132 Å². The van der Waals surface area contributed by atoms with Gasteiger partial charge in [-0.25, -0.2) is 28.4 Å². The SMILES string of the molecule is OCC(F)(F)C(F)(F)OC(F)(F)C(C(F)(F)OC(F)(F)C(F)(F)CO)(C(F)(F)OC(F)(F)C(F)(F)CO)C(F)(F)C(F)(F)C(C(F)(F)OC(F)(F)C(F)(F)CO)(C(F)(F)OC(F)(F)C(F)(F)CO)C(F)(F)OC(F)(F)C(F)(F)CO. The molecule has 0 spiro atoms. The van der Waals surface area contributed by atoms with E-state index in [9.17, 15) is 105 Å². The van der Waals surface area contributed by atoms with Crippen LogP contribution in [0.3, 0.4) is 0 Å². The van der Waals surface area contributed by atoms with E-state index in [1.165, 1.54) is 0 Å². The standard InChI is InChI=1S/C28H18F40O12/c29-7(30,1-69)17(45,46)75-23(57,58)13(24(59,60)76-18(47,48)8(31,32)2-70,25(61,62)77-19(49,50)9(33,34)3-71)15(41,42)16(43,44)14(26(63,64)78-20(51,52)10(35,36)4-72,27(65,66)79-21(53,54)11(37,38)5-73)28(67,68)80-22(55,56)12(39,40)6-74/h69-74H,1-6H2. The minimum absolute atomic E-state index is 0.772. The van der Waals surface area contributed by atoms with Gasteiger partial charge in [-0.1, -0.05) is 0 Å². The Kier molecular flexibility index (Phi) is 20.5. The molecule has 0 aliphatic carbocycles. The second-order valence-electron chi connectivity index (χ2n) is 14.6. The first kappa shape index (κ1) is 76.7. The van der Waals surface area contributed by atoms with Crippen molar-refractivity contribution in [1.82, 2.24) is 0 Å². The predicted octanol–water partition coefficient (Wildman–Crippen LogP) is 9.21. The zero-order valence-electron chi connectivity index (χ0n) is 35.5. The van der Waals surface area contributed by atoms with Crippen LogP contribution in [-0.4, -0.2) is 191 Å². The van der Waals surface area contributed by atoms with Crippen molar-refractivity contribution in [3.63, 3.8) is 0 Å². The summed E-state index contributed by atoms with van der Waals surface area (Å²) in [6.45, 7) is -26.6. The maximum Gasteiger partial charge on any atom is 0.426 e. The van der Waals surface area contributed by atoms with Crippen LogP contribution in [0.15, 0.2) is 0 Å². The Hall–Kier alpha value is -3.28. The molecule has 482 valence electrons. The number of halogens is 40. The molecule has 0 heterocycles. The molecule has 0 unspecified atom stereocenters. The van der Waals surface area contributed by atoms with Crippen molar-refractivity contribution < 1.29 is 235 Å². The Morgan fingerprint density at radius 3 is 0.325 bits per heavy atom. The van der Waals surface area contributed by atoms with E-state index < -0.39 is 171 Å². The van der Waals surface area contributed by atoms with Gasteiger partial charge in [0.15, 0.2) is 0 Å². The normalized spacial score (nSPS) is 16.7. The molecule has 0 aromatic heterocycles. The molecule has 0 saturated heterocycles. The zero-order chi connectivity index (χ0) is 65.5. The van der Waals surface area contributed by atoms with Crippen molar-refractivity contribution >= 4 is 0 Å². The van der Waals surface area contributed by atoms with Crippen molar-refractivity contribution in [2.45, 2.75) is 121 Å². The van der Waals surface area contributed by atoms with Gasteiger partial charge in [0.2, 0.25) is 0 Å². The van der Waals surface area contributed by atoms with E-state index in [2.05, 4.69) is 0 Å². The molecule has 0 aliphatic heterocycles. The summed E-state index contributed by atoms with van der Waals surface area (Å²) < 4.78 is 607. The molecule has 0 aromatic carbocycles. The molecule has 6 N–H and O–H groups in total. The highest BCUT2D eigenvalue weighted by Gasteiger charge is 3.08. The first-order valence-corrected chi connectivity index (χ1v) is 17.8. The molecular formula is C28H18F40O12. The predicted molar refractivity (Wildman–Crippen MR) is 153 cm³/mol. The van der Waals surface area contributed by atoms with Crippen molar-refractivity contribution in [2.24, 2.45) is 10.8 Å². The van der Waals surface area contributed by atoms with E-state index in [1.807, 2.05) is 0 Å². The van der Waals surface area contributed by atoms with Gasteiger partial charge in [-0.2, -0.15) is 176 Å². The Labute approximate surface area is 407 Å². The summed E-state index contributed by atoms with van der Waals surface area (Å²) in [4.78, 5) is 0. The lowest BCUT2D eigenvalue weighted by Crippen LogP contribution is -2.86. The van der Waals surface area contributed by atoms with Crippen LogP contribution in [0.1, 0.15) is 0 Å². The molecule has 0 aliphatic rings. The molecule has 0 saturated carbocycles. The van der Waals surface area contributed by atoms with Crippen molar-refractivity contribution in [2.75, 3.05) is 39.6 Å². The molecule has 0 aromatic rings. The maximum absolute atomic E-state index is 17.0. The van der Waals surface area contributed by atoms with E-state index >= 15 is 70.2 Å². The number of ether oxygens (including phenoxy) is 6. The molecule has 12 nitrogen and oxygen atoms in total. The van der Waals surface area contributed by atoms with Crippen molar-refractivity contribution in [3.8, 4) is 0 Å². The van der Waals surface area contributed by atoms with Crippen LogP contribution >= 0.6 is 0 Å². The fraction of sp³-hybridized carbons (Fsp3) is 1.00. The van der Waals surface area contributed by atoms with Gasteiger partial charge in [0.25, 0.3) is 0 Å². The quantitative estimate of drug-likeness (QED) is 0.0344. The molecule has 52 heteroatoms. The summed E-state index contributed by atoms with van der Waals surface area (Å²) in [5.74, 6) is -72.0. The van der Waals surface area contributed by atoms with Gasteiger partial charge in [-0.15, -0.1) is 0 Å². The average Bonchev–Trinajstić information content (AvgIpc) is 3.19. The largest absolute Gasteiger partial charge is 0.426 e. The number of rotatable bonds is 33. The zero-order valence-corrected chi connectivity index (χ0v) is 35.5. The van der Waals surface area contributed by atoms with Crippen LogP contribution in [0.4, 0.5) is 176 Å². The Bertz CT molecular complexity index is 1750. The van der Waals surface area contributed by atoms with Crippen molar-refractivity contribution in [3.05, 3.63) is 0 Å². The molecule has 0 bridgehead atoms. The fourth-order valence-corrected chi connectivity index (χ4v) is 5.01. The minimum Gasteiger partial charge on any atom is -0.390 e. The number of aliphatic hydroxyl groups is 6. The summed E-state index contributed by atoms with van der Waals surface area (Å²) in [5, 5.41) is 49.8. The summed E-state index contributed by atoms with van der Waals surface area (Å²) >= 11 is 0. The summed E-state index contributed by atoms with van der Waals surface area (Å²) in [6, 6.07) is 0. The lowest BCUT2D eigenvalue weighted by molar-refractivity contribution is -0.635. The van der Waals surface area contributed by atoms with Crippen LogP contribution in [0, 0.1) is 10.8 Å². The second-order valence-corrected chi connectivity index (χ2v) is 14.6. The Balaban J connectivity index is 11.6. The highest BCUT2D eigenvalue weighted by molar-refractivity contribution is 5.23. The van der Waals surface area contributed by atoms with E-state index in [0.29, 0.717) is 0 Å². The number of hydrogen-bond donors (Lipinski definition) is 6. The molecule has 80 heavy (non-hydrogen) atoms. The molecule has 0 rings (SSSR count). The molecular weight excluding hydrogens is 1290 g/mol. The number of hydrogen-bond acceptors (Lipinski definition) is 12. The van der Waals surface area contributed by atoms with Crippen molar-refractivity contribution in [1.29, 1.82) is 0 Å². The third-order valence-corrected chi connectivity index (χ3v) is 9.24. The summed E-state index contributed by atoms with van der Waals surface area (Å²) in [6.07, 6.45) is -120. The lowest BCUT2D eigenvalue weighted by atomic mass is 9.64. The minimum atomic E-state index is -12.3. The first-order valence-electron chi connectivity index (χ1n) is 17.8. The third-order valence-electron chi connectivity index (χ3n) is 9.24. The van der Waals surface area contributed by atoms with Crippen LogP contribution in [0.25, 0.3) is 0 Å². The van der Waals surface area contributed by atoms with Crippen LogP contribution < -0.4 is 0 Å². The smallest absolute Gasteiger partial charge is 0.390 e. The van der Waals surface area contributed by atoms with Gasteiger partial charge in [-0.05, 0) is 0 Å². The highest BCUT2D eigenvalue weighted by Crippen LogP contribution is 2.79. The topological polar surface area (TPSA) is 177 Å². The van der Waals surface area contributed by atoms with Gasteiger partial charge in [0.05, 0.1) is 0 Å². The van der Waals surface area contributed by atoms with Gasteiger partial charge in [0, 0.05) is 0 Å². The van der Waals surface area contributed by atoms with Gasteiger partial charge < -0.3 is 30.6 Å². The Morgan fingerprint density at radius 2 is 0.250 bits per heavy atom. The Morgan fingerprint density at radius 1 is 0.163 bits per heavy atom. The average molecular weight is 1310 g/mol. The molecule has 0 atom stereocenters. The monoisotopic (exact) mass is 1310 g/mol.